The van der Waals surface area contributed by atoms with Crippen LogP contribution in [-0.4, -0.2) is 23.5 Å². The molecule has 3 rings (SSSR count). The second-order valence-corrected chi connectivity index (χ2v) is 6.04. The molecule has 0 atom stereocenters. The monoisotopic (exact) mass is 363 g/mol. The lowest BCUT2D eigenvalue weighted by molar-refractivity contribution is -0.119. The van der Waals surface area contributed by atoms with Gasteiger partial charge >= 0.3 is 5.97 Å². The maximum atomic E-state index is 12.1. The van der Waals surface area contributed by atoms with Gasteiger partial charge in [0, 0.05) is 10.9 Å². The normalized spacial score (nSPS) is 9.96. The first-order chi connectivity index (χ1) is 12.7. The van der Waals surface area contributed by atoms with Crippen molar-refractivity contribution in [2.24, 2.45) is 0 Å². The average Bonchev–Trinajstić information content (AvgIpc) is 3.17. The number of nitrogens with zero attached hydrogens (tertiary/aromatic N) is 2. The summed E-state index contributed by atoms with van der Waals surface area (Å²) >= 11 is 1.32. The third kappa shape index (κ3) is 4.12. The van der Waals surface area contributed by atoms with Gasteiger partial charge in [0.15, 0.2) is 12.3 Å². The molecule has 7 heteroatoms. The maximum Gasteiger partial charge on any atom is 0.358 e. The molecule has 1 heterocycles. The van der Waals surface area contributed by atoms with Crippen molar-refractivity contribution in [1.82, 2.24) is 4.98 Å². The van der Waals surface area contributed by atoms with Crippen molar-refractivity contribution in [2.75, 3.05) is 11.9 Å². The molecule has 0 aliphatic carbocycles. The summed E-state index contributed by atoms with van der Waals surface area (Å²) in [6.07, 6.45) is 0. The number of hydrogen-bond donors (Lipinski definition) is 1. The molecular formula is C19H13N3O3S. The molecule has 0 aliphatic rings. The molecule has 0 spiro atoms. The number of benzene rings is 2. The molecule has 26 heavy (non-hydrogen) atoms. The zero-order valence-corrected chi connectivity index (χ0v) is 14.3. The molecule has 0 saturated carbocycles. The quantitative estimate of drug-likeness (QED) is 0.701. The number of rotatable bonds is 5. The molecular weight excluding hydrogens is 350 g/mol. The number of hydrogen-bond acceptors (Lipinski definition) is 6. The van der Waals surface area contributed by atoms with Crippen LogP contribution in [-0.2, 0) is 9.53 Å². The molecule has 1 N–H and O–H groups in total. The fourth-order valence-electron chi connectivity index (χ4n) is 2.16. The molecule has 0 bridgehead atoms. The van der Waals surface area contributed by atoms with Gasteiger partial charge in [-0.25, -0.2) is 9.78 Å². The van der Waals surface area contributed by atoms with Gasteiger partial charge in [-0.15, -0.1) is 11.3 Å². The van der Waals surface area contributed by atoms with E-state index >= 15 is 0 Å². The maximum absolute atomic E-state index is 12.1. The van der Waals surface area contributed by atoms with Crippen LogP contribution >= 0.6 is 11.3 Å². The first-order valence-corrected chi connectivity index (χ1v) is 8.52. The summed E-state index contributed by atoms with van der Waals surface area (Å²) in [5, 5.41) is 13.8. The molecule has 0 radical (unpaired) electrons. The van der Waals surface area contributed by atoms with Gasteiger partial charge in [0.05, 0.1) is 11.3 Å². The minimum absolute atomic E-state index is 0.152. The Hall–Kier alpha value is -3.50. The van der Waals surface area contributed by atoms with Gasteiger partial charge < -0.3 is 10.1 Å². The van der Waals surface area contributed by atoms with E-state index < -0.39 is 18.5 Å². The number of anilines is 1. The lowest BCUT2D eigenvalue weighted by Gasteiger charge is -2.07. The number of aromatic nitrogens is 1. The Kier molecular flexibility index (Phi) is 5.37. The molecule has 0 fully saturated rings. The van der Waals surface area contributed by atoms with Gasteiger partial charge in [-0.2, -0.15) is 5.26 Å². The second-order valence-electron chi connectivity index (χ2n) is 5.19. The Balaban J connectivity index is 1.58. The van der Waals surface area contributed by atoms with E-state index in [-0.39, 0.29) is 5.69 Å². The van der Waals surface area contributed by atoms with E-state index in [2.05, 4.69) is 10.3 Å². The van der Waals surface area contributed by atoms with Gasteiger partial charge in [0.2, 0.25) is 0 Å². The number of para-hydroxylation sites is 1. The van der Waals surface area contributed by atoms with Crippen molar-refractivity contribution in [3.05, 3.63) is 71.2 Å². The number of nitrogens with one attached hydrogen (secondary N) is 1. The summed E-state index contributed by atoms with van der Waals surface area (Å²) in [7, 11) is 0. The molecule has 1 aromatic heterocycles. The summed E-state index contributed by atoms with van der Waals surface area (Å²) < 4.78 is 5.00. The molecule has 6 nitrogen and oxygen atoms in total. The number of nitriles is 1. The van der Waals surface area contributed by atoms with E-state index in [0.29, 0.717) is 16.3 Å². The van der Waals surface area contributed by atoms with E-state index in [9.17, 15) is 9.59 Å². The Morgan fingerprint density at radius 2 is 1.85 bits per heavy atom. The molecule has 1 amide bonds. The third-order valence-corrected chi connectivity index (χ3v) is 4.28. The summed E-state index contributed by atoms with van der Waals surface area (Å²) in [6.45, 7) is -0.462. The smallest absolute Gasteiger partial charge is 0.358 e. The van der Waals surface area contributed by atoms with E-state index in [1.807, 2.05) is 36.4 Å². The summed E-state index contributed by atoms with van der Waals surface area (Å²) in [5.74, 6) is -1.20. The third-order valence-electron chi connectivity index (χ3n) is 3.39. The molecule has 3 aromatic rings. The Labute approximate surface area is 153 Å². The zero-order chi connectivity index (χ0) is 18.4. The fraction of sp³-hybridized carbons (Fsp3) is 0.0526. The van der Waals surface area contributed by atoms with Crippen LogP contribution in [0.2, 0.25) is 0 Å². The number of ether oxygens (including phenoxy) is 1. The Morgan fingerprint density at radius 1 is 1.12 bits per heavy atom. The van der Waals surface area contributed by atoms with Crippen molar-refractivity contribution < 1.29 is 14.3 Å². The highest BCUT2D eigenvalue weighted by molar-refractivity contribution is 7.13. The summed E-state index contributed by atoms with van der Waals surface area (Å²) in [5.41, 5.74) is 1.76. The van der Waals surface area contributed by atoms with Gasteiger partial charge in [-0.3, -0.25) is 4.79 Å². The minimum Gasteiger partial charge on any atom is -0.451 e. The van der Waals surface area contributed by atoms with E-state index in [0.717, 1.165) is 5.56 Å². The van der Waals surface area contributed by atoms with Crippen LogP contribution in [0.15, 0.2) is 60.0 Å². The fourth-order valence-corrected chi connectivity index (χ4v) is 2.96. The molecule has 0 saturated heterocycles. The van der Waals surface area contributed by atoms with Gasteiger partial charge in [0.1, 0.15) is 11.1 Å². The predicted molar refractivity (Wildman–Crippen MR) is 97.6 cm³/mol. The van der Waals surface area contributed by atoms with Crippen LogP contribution in [0.5, 0.6) is 0 Å². The van der Waals surface area contributed by atoms with E-state index in [1.165, 1.54) is 11.3 Å². The van der Waals surface area contributed by atoms with Gasteiger partial charge in [-0.1, -0.05) is 42.5 Å². The highest BCUT2D eigenvalue weighted by Crippen LogP contribution is 2.23. The average molecular weight is 363 g/mol. The molecule has 0 unspecified atom stereocenters. The second kappa shape index (κ2) is 8.05. The van der Waals surface area contributed by atoms with Crippen LogP contribution < -0.4 is 5.32 Å². The largest absolute Gasteiger partial charge is 0.451 e. The van der Waals surface area contributed by atoms with Gasteiger partial charge in [-0.05, 0) is 12.1 Å². The van der Waals surface area contributed by atoms with Crippen molar-refractivity contribution in [2.45, 2.75) is 0 Å². The van der Waals surface area contributed by atoms with Crippen LogP contribution in [0, 0.1) is 11.3 Å². The molecule has 0 aliphatic heterocycles. The number of carbonyl (C=O) groups is 2. The van der Waals surface area contributed by atoms with Crippen molar-refractivity contribution in [3.63, 3.8) is 0 Å². The standard InChI is InChI=1S/C19H13N3O3S/c20-10-14-8-4-5-9-15(14)21-17(23)11-25-19(24)16-12-26-18(22-16)13-6-2-1-3-7-13/h1-9,12H,11H2,(H,21,23). The zero-order valence-electron chi connectivity index (χ0n) is 13.5. The molecule has 2 aromatic carbocycles. The summed E-state index contributed by atoms with van der Waals surface area (Å²) in [4.78, 5) is 28.2. The predicted octanol–water partition coefficient (Wildman–Crippen LogP) is 3.48. The van der Waals surface area contributed by atoms with Crippen molar-refractivity contribution in [3.8, 4) is 16.6 Å². The van der Waals surface area contributed by atoms with Crippen LogP contribution in [0.3, 0.4) is 0 Å². The number of amides is 1. The van der Waals surface area contributed by atoms with Crippen LogP contribution in [0.4, 0.5) is 5.69 Å². The van der Waals surface area contributed by atoms with E-state index in [1.54, 1.807) is 29.6 Å². The number of esters is 1. The van der Waals surface area contributed by atoms with Crippen molar-refractivity contribution in [1.29, 1.82) is 5.26 Å². The van der Waals surface area contributed by atoms with Crippen LogP contribution in [0.1, 0.15) is 16.1 Å². The lowest BCUT2D eigenvalue weighted by atomic mass is 10.2. The highest BCUT2D eigenvalue weighted by atomic mass is 32.1. The highest BCUT2D eigenvalue weighted by Gasteiger charge is 2.15. The minimum atomic E-state index is -0.674. The Morgan fingerprint density at radius 3 is 2.62 bits per heavy atom. The SMILES string of the molecule is N#Cc1ccccc1NC(=O)COC(=O)c1csc(-c2ccccc2)n1. The first-order valence-electron chi connectivity index (χ1n) is 7.64. The van der Waals surface area contributed by atoms with Crippen LogP contribution in [0.25, 0.3) is 10.6 Å². The van der Waals surface area contributed by atoms with Crippen molar-refractivity contribution >= 4 is 28.9 Å². The molecule has 128 valence electrons. The lowest BCUT2D eigenvalue weighted by Crippen LogP contribution is -2.21. The van der Waals surface area contributed by atoms with Gasteiger partial charge in [0.25, 0.3) is 5.91 Å². The van der Waals surface area contributed by atoms with E-state index in [4.69, 9.17) is 10.00 Å². The first kappa shape index (κ1) is 17.3. The summed E-state index contributed by atoms with van der Waals surface area (Å²) in [6, 6.07) is 18.0. The topological polar surface area (TPSA) is 92.1 Å². The number of thiazole rings is 1. The number of carbonyl (C=O) groups excluding carboxylic acids is 2. The Bertz CT molecular complexity index is 977.